The Balaban J connectivity index is 1.47. The summed E-state index contributed by atoms with van der Waals surface area (Å²) >= 11 is 0. The zero-order valence-electron chi connectivity index (χ0n) is 37.4. The largest absolute Gasteiger partial charge is 0.405 e. The Bertz CT molecular complexity index is 1840. The number of ether oxygens (including phenoxy) is 3. The van der Waals surface area contributed by atoms with Crippen molar-refractivity contribution in [2.24, 2.45) is 0 Å². The summed E-state index contributed by atoms with van der Waals surface area (Å²) in [5, 5.41) is 14.7. The van der Waals surface area contributed by atoms with Crippen LogP contribution in [0, 0.1) is 0 Å². The van der Waals surface area contributed by atoms with E-state index in [1.54, 1.807) is 0 Å². The summed E-state index contributed by atoms with van der Waals surface area (Å²) in [4.78, 5) is 0. The first-order valence-electron chi connectivity index (χ1n) is 22.9. The first-order valence-corrected chi connectivity index (χ1v) is 24.8. The summed E-state index contributed by atoms with van der Waals surface area (Å²) in [5.41, 5.74) is 3.11. The topological polar surface area (TPSA) is 57.2 Å². The van der Waals surface area contributed by atoms with Gasteiger partial charge in [-0.1, -0.05) is 243 Å². The summed E-state index contributed by atoms with van der Waals surface area (Å²) in [6.07, 6.45) is 13.9. The van der Waals surface area contributed by atoms with Gasteiger partial charge < -0.3 is 23.7 Å². The molecule has 326 valence electrons. The van der Waals surface area contributed by atoms with Crippen LogP contribution in [0.15, 0.2) is 164 Å². The average molecular weight is 841 g/mol. The maximum Gasteiger partial charge on any atom is 0.261 e. The van der Waals surface area contributed by atoms with Crippen LogP contribution >= 0.6 is 0 Å². The fraction of sp³-hybridized carbons (Fsp3) is 0.418. The van der Waals surface area contributed by atoms with Gasteiger partial charge in [0.1, 0.15) is 24.4 Å². The fourth-order valence-electron chi connectivity index (χ4n) is 8.23. The second kappa shape index (κ2) is 26.4. The van der Waals surface area contributed by atoms with Crippen LogP contribution in [0.5, 0.6) is 0 Å². The van der Waals surface area contributed by atoms with Gasteiger partial charge in [-0.05, 0) is 44.9 Å². The van der Waals surface area contributed by atoms with Crippen LogP contribution in [0.25, 0.3) is 0 Å². The van der Waals surface area contributed by atoms with Gasteiger partial charge in [-0.3, -0.25) is 0 Å². The lowest BCUT2D eigenvalue weighted by Crippen LogP contribution is -2.67. The molecule has 0 unspecified atom stereocenters. The molecule has 5 nitrogen and oxygen atoms in total. The van der Waals surface area contributed by atoms with Gasteiger partial charge in [0, 0.05) is 0 Å². The molecule has 0 radical (unpaired) electrons. The molecule has 0 aliphatic heterocycles. The number of benzene rings is 5. The van der Waals surface area contributed by atoms with Crippen LogP contribution < -0.4 is 10.4 Å². The van der Waals surface area contributed by atoms with Crippen LogP contribution in [0.2, 0.25) is 5.04 Å². The predicted octanol–water partition coefficient (Wildman–Crippen LogP) is 12.2. The van der Waals surface area contributed by atoms with Gasteiger partial charge in [0.15, 0.2) is 0 Å². The molecule has 4 atom stereocenters. The van der Waals surface area contributed by atoms with E-state index in [9.17, 15) is 5.11 Å². The van der Waals surface area contributed by atoms with Gasteiger partial charge in [0.05, 0.1) is 26.4 Å². The molecule has 0 bridgehead atoms. The minimum absolute atomic E-state index is 0.0471. The molecule has 1 N–H and O–H groups in total. The molecule has 6 heteroatoms. The standard InChI is InChI=1S/C55H72O5Si/c1-5-6-7-8-9-10-11-12-13-14-30-41-52(57-42-46-31-20-15-21-32-46)54(59-44-48-35-24-17-25-36-48)53(58-43-47-33-22-16-23-34-47)51(56)45-60-61(55(2,3)4,49-37-26-18-27-38-49)50-39-28-19-29-40-50/h15-41,51-54,56H,5-14,42-45H2,1-4H3/b41-30-/t51-,52-,53+,54-/m1/s1. The Morgan fingerprint density at radius 1 is 0.508 bits per heavy atom. The van der Waals surface area contributed by atoms with Crippen LogP contribution in [-0.2, 0) is 38.5 Å². The molecular formula is C55H72O5Si. The summed E-state index contributed by atoms with van der Waals surface area (Å²) < 4.78 is 28.1. The smallest absolute Gasteiger partial charge is 0.261 e. The Labute approximate surface area is 369 Å². The van der Waals surface area contributed by atoms with E-state index in [0.29, 0.717) is 19.8 Å². The molecule has 0 amide bonds. The van der Waals surface area contributed by atoms with E-state index in [4.69, 9.17) is 18.6 Å². The van der Waals surface area contributed by atoms with Crippen molar-refractivity contribution in [3.63, 3.8) is 0 Å². The molecule has 0 aliphatic carbocycles. The highest BCUT2D eigenvalue weighted by atomic mass is 28.4. The molecular weight excluding hydrogens is 769 g/mol. The first-order chi connectivity index (χ1) is 29.8. The van der Waals surface area contributed by atoms with Gasteiger partial charge in [-0.15, -0.1) is 0 Å². The van der Waals surface area contributed by atoms with E-state index in [0.717, 1.165) is 39.9 Å². The lowest BCUT2D eigenvalue weighted by molar-refractivity contribution is -0.173. The van der Waals surface area contributed by atoms with Crippen molar-refractivity contribution in [2.45, 2.75) is 141 Å². The number of hydrogen-bond acceptors (Lipinski definition) is 5. The third-order valence-electron chi connectivity index (χ3n) is 11.6. The monoisotopic (exact) mass is 841 g/mol. The zero-order chi connectivity index (χ0) is 43.0. The van der Waals surface area contributed by atoms with Crippen molar-refractivity contribution in [3.05, 3.63) is 181 Å². The predicted molar refractivity (Wildman–Crippen MR) is 256 cm³/mol. The molecule has 0 heterocycles. The lowest BCUT2D eigenvalue weighted by Gasteiger charge is -2.44. The third-order valence-corrected chi connectivity index (χ3v) is 16.6. The number of unbranched alkanes of at least 4 members (excludes halogenated alkanes) is 9. The van der Waals surface area contributed by atoms with Gasteiger partial charge in [-0.2, -0.15) is 0 Å². The number of hydrogen-bond donors (Lipinski definition) is 1. The Hall–Kier alpha value is -4.14. The van der Waals surface area contributed by atoms with Crippen molar-refractivity contribution in [1.29, 1.82) is 0 Å². The SMILES string of the molecule is CCCCCCCCCCC/C=C\[C@@H](OCc1ccccc1)[C@@H](OCc1ccccc1)[C@@H](OCc1ccccc1)[C@H](O)CO[Si](c1ccccc1)(c1ccccc1)C(C)(C)C. The zero-order valence-corrected chi connectivity index (χ0v) is 38.4. The molecule has 0 aliphatic rings. The maximum absolute atomic E-state index is 12.7. The summed E-state index contributed by atoms with van der Waals surface area (Å²) in [6, 6.07) is 51.7. The van der Waals surface area contributed by atoms with Crippen molar-refractivity contribution in [3.8, 4) is 0 Å². The fourth-order valence-corrected chi connectivity index (χ4v) is 12.8. The summed E-state index contributed by atoms with van der Waals surface area (Å²) in [7, 11) is -2.99. The van der Waals surface area contributed by atoms with Crippen LogP contribution in [0.4, 0.5) is 0 Å². The molecule has 5 aromatic rings. The van der Waals surface area contributed by atoms with Gasteiger partial charge in [0.2, 0.25) is 0 Å². The Kier molecular flexibility index (Phi) is 20.7. The van der Waals surface area contributed by atoms with Crippen molar-refractivity contribution >= 4 is 18.7 Å². The molecule has 0 saturated heterocycles. The normalized spacial score (nSPS) is 14.2. The minimum Gasteiger partial charge on any atom is -0.405 e. The van der Waals surface area contributed by atoms with E-state index in [1.807, 2.05) is 66.7 Å². The highest BCUT2D eigenvalue weighted by molar-refractivity contribution is 6.99. The summed E-state index contributed by atoms with van der Waals surface area (Å²) in [5.74, 6) is 0. The van der Waals surface area contributed by atoms with Gasteiger partial charge in [-0.25, -0.2) is 0 Å². The van der Waals surface area contributed by atoms with Crippen LogP contribution in [0.3, 0.4) is 0 Å². The highest BCUT2D eigenvalue weighted by Gasteiger charge is 2.51. The maximum atomic E-state index is 12.7. The Morgan fingerprint density at radius 3 is 1.34 bits per heavy atom. The molecule has 5 aromatic carbocycles. The van der Waals surface area contributed by atoms with Crippen molar-refractivity contribution in [1.82, 2.24) is 0 Å². The molecule has 0 fully saturated rings. The molecule has 5 rings (SSSR count). The third kappa shape index (κ3) is 15.3. The van der Waals surface area contributed by atoms with E-state index in [-0.39, 0.29) is 11.6 Å². The Morgan fingerprint density at radius 2 is 0.902 bits per heavy atom. The lowest BCUT2D eigenvalue weighted by atomic mass is 10.0. The average Bonchev–Trinajstić information content (AvgIpc) is 3.29. The number of aliphatic hydroxyl groups excluding tert-OH is 1. The minimum atomic E-state index is -2.99. The highest BCUT2D eigenvalue weighted by Crippen LogP contribution is 2.37. The number of allylic oxidation sites excluding steroid dienone is 1. The second-order valence-corrected chi connectivity index (χ2v) is 21.7. The van der Waals surface area contributed by atoms with E-state index in [2.05, 4.69) is 125 Å². The van der Waals surface area contributed by atoms with Gasteiger partial charge in [0.25, 0.3) is 8.32 Å². The van der Waals surface area contributed by atoms with E-state index in [1.165, 1.54) is 51.4 Å². The first kappa shape index (κ1) is 47.9. The van der Waals surface area contributed by atoms with Crippen molar-refractivity contribution < 1.29 is 23.7 Å². The molecule has 0 aromatic heterocycles. The van der Waals surface area contributed by atoms with Crippen LogP contribution in [0.1, 0.15) is 109 Å². The van der Waals surface area contributed by atoms with Gasteiger partial charge >= 0.3 is 0 Å². The quantitative estimate of drug-likeness (QED) is 0.0309. The molecule has 0 saturated carbocycles. The molecule has 0 spiro atoms. The van der Waals surface area contributed by atoms with Crippen molar-refractivity contribution in [2.75, 3.05) is 6.61 Å². The summed E-state index contributed by atoms with van der Waals surface area (Å²) in [6.45, 7) is 10.1. The second-order valence-electron chi connectivity index (χ2n) is 17.4. The van der Waals surface area contributed by atoms with E-state index < -0.39 is 32.7 Å². The van der Waals surface area contributed by atoms with Crippen LogP contribution in [-0.4, -0.2) is 44.4 Å². The number of aliphatic hydroxyl groups is 1. The number of rotatable bonds is 28. The molecule has 61 heavy (non-hydrogen) atoms. The van der Waals surface area contributed by atoms with E-state index >= 15 is 0 Å².